The highest BCUT2D eigenvalue weighted by Crippen LogP contribution is 2.30. The van der Waals surface area contributed by atoms with Crippen LogP contribution in [0.4, 0.5) is 0 Å². The number of carbonyl (C=O) groups is 1. The van der Waals surface area contributed by atoms with Crippen LogP contribution in [0.1, 0.15) is 41.7 Å². The molecular weight excluding hydrogens is 324 g/mol. The van der Waals surface area contributed by atoms with Gasteiger partial charge in [-0.25, -0.2) is 9.78 Å². The molecule has 0 spiro atoms. The van der Waals surface area contributed by atoms with Gasteiger partial charge in [0.25, 0.3) is 0 Å². The zero-order valence-corrected chi connectivity index (χ0v) is 14.6. The SMILES string of the molecule is COC(=O)c1cccc(-c2nc(CNC3(CO)CCCC3)cs2)c1. The van der Waals surface area contributed by atoms with Crippen LogP contribution in [0.2, 0.25) is 0 Å². The Hall–Kier alpha value is -1.76. The Bertz CT molecular complexity index is 708. The van der Waals surface area contributed by atoms with Crippen molar-refractivity contribution in [2.45, 2.75) is 37.8 Å². The van der Waals surface area contributed by atoms with Crippen LogP contribution in [0.3, 0.4) is 0 Å². The van der Waals surface area contributed by atoms with Crippen molar-refractivity contribution in [2.75, 3.05) is 13.7 Å². The van der Waals surface area contributed by atoms with E-state index in [1.165, 1.54) is 7.11 Å². The molecule has 1 saturated carbocycles. The number of rotatable bonds is 6. The lowest BCUT2D eigenvalue weighted by Crippen LogP contribution is -2.45. The standard InChI is InChI=1S/C18H22N2O3S/c1-23-17(22)14-6-4-5-13(9-14)16-20-15(11-24-16)10-19-18(12-21)7-2-3-8-18/h4-6,9,11,19,21H,2-3,7-8,10,12H2,1H3. The van der Waals surface area contributed by atoms with Gasteiger partial charge in [-0.05, 0) is 25.0 Å². The van der Waals surface area contributed by atoms with Crippen LogP contribution in [0, 0.1) is 0 Å². The first-order valence-corrected chi connectivity index (χ1v) is 9.03. The van der Waals surface area contributed by atoms with E-state index in [1.807, 2.05) is 17.5 Å². The number of aliphatic hydroxyl groups is 1. The third-order valence-electron chi connectivity index (χ3n) is 4.59. The monoisotopic (exact) mass is 346 g/mol. The van der Waals surface area contributed by atoms with E-state index in [1.54, 1.807) is 23.5 Å². The molecule has 1 fully saturated rings. The molecule has 1 heterocycles. The molecule has 0 radical (unpaired) electrons. The lowest BCUT2D eigenvalue weighted by molar-refractivity contribution is 0.0601. The minimum atomic E-state index is -0.346. The molecule has 3 rings (SSSR count). The molecule has 0 atom stereocenters. The Kier molecular flexibility index (Phi) is 5.28. The van der Waals surface area contributed by atoms with Crippen molar-refractivity contribution in [3.63, 3.8) is 0 Å². The van der Waals surface area contributed by atoms with E-state index in [2.05, 4.69) is 10.3 Å². The topological polar surface area (TPSA) is 71.5 Å². The summed E-state index contributed by atoms with van der Waals surface area (Å²) in [5.41, 5.74) is 2.24. The molecule has 0 aliphatic heterocycles. The third-order valence-corrected chi connectivity index (χ3v) is 5.53. The number of hydrogen-bond donors (Lipinski definition) is 2. The number of carbonyl (C=O) groups excluding carboxylic acids is 1. The number of aliphatic hydroxyl groups excluding tert-OH is 1. The summed E-state index contributed by atoms with van der Waals surface area (Å²) in [5.74, 6) is -0.346. The summed E-state index contributed by atoms with van der Waals surface area (Å²) < 4.78 is 4.76. The number of thiazole rings is 1. The quantitative estimate of drug-likeness (QED) is 0.787. The van der Waals surface area contributed by atoms with E-state index in [-0.39, 0.29) is 18.1 Å². The predicted octanol–water partition coefficient (Wildman–Crippen LogP) is 2.99. The van der Waals surface area contributed by atoms with Crippen molar-refractivity contribution in [1.29, 1.82) is 0 Å². The van der Waals surface area contributed by atoms with Gasteiger partial charge < -0.3 is 15.2 Å². The van der Waals surface area contributed by atoms with E-state index < -0.39 is 0 Å². The minimum Gasteiger partial charge on any atom is -0.465 e. The molecule has 0 bridgehead atoms. The van der Waals surface area contributed by atoms with Gasteiger partial charge in [0.15, 0.2) is 0 Å². The molecular formula is C18H22N2O3S. The fourth-order valence-corrected chi connectivity index (χ4v) is 3.96. The van der Waals surface area contributed by atoms with Crippen LogP contribution in [0.5, 0.6) is 0 Å². The first kappa shape index (κ1) is 17.1. The smallest absolute Gasteiger partial charge is 0.337 e. The molecule has 2 N–H and O–H groups in total. The van der Waals surface area contributed by atoms with E-state index in [4.69, 9.17) is 4.74 Å². The Morgan fingerprint density at radius 2 is 2.21 bits per heavy atom. The second-order valence-corrected chi connectivity index (χ2v) is 7.07. The maximum Gasteiger partial charge on any atom is 0.337 e. The number of hydrogen-bond acceptors (Lipinski definition) is 6. The number of esters is 1. The van der Waals surface area contributed by atoms with Crippen molar-refractivity contribution in [3.05, 3.63) is 40.9 Å². The van der Waals surface area contributed by atoms with Crippen LogP contribution < -0.4 is 5.32 Å². The lowest BCUT2D eigenvalue weighted by atomic mass is 9.99. The molecule has 2 aromatic rings. The molecule has 1 aromatic carbocycles. The van der Waals surface area contributed by atoms with Crippen LogP contribution in [-0.4, -0.2) is 35.3 Å². The second kappa shape index (κ2) is 7.42. The van der Waals surface area contributed by atoms with Gasteiger partial charge in [-0.1, -0.05) is 25.0 Å². The molecule has 1 aliphatic carbocycles. The fourth-order valence-electron chi connectivity index (χ4n) is 3.14. The van der Waals surface area contributed by atoms with Crippen molar-refractivity contribution < 1.29 is 14.6 Å². The number of methoxy groups -OCH3 is 1. The number of aromatic nitrogens is 1. The van der Waals surface area contributed by atoms with Crippen molar-refractivity contribution in [1.82, 2.24) is 10.3 Å². The predicted molar refractivity (Wildman–Crippen MR) is 94.0 cm³/mol. The minimum absolute atomic E-state index is 0.144. The molecule has 1 aromatic heterocycles. The van der Waals surface area contributed by atoms with Gasteiger partial charge in [-0.2, -0.15) is 0 Å². The largest absolute Gasteiger partial charge is 0.465 e. The van der Waals surface area contributed by atoms with E-state index in [0.29, 0.717) is 12.1 Å². The third kappa shape index (κ3) is 3.66. The summed E-state index contributed by atoms with van der Waals surface area (Å²) in [6, 6.07) is 7.30. The number of nitrogens with zero attached hydrogens (tertiary/aromatic N) is 1. The number of benzene rings is 1. The Morgan fingerprint density at radius 1 is 1.42 bits per heavy atom. The van der Waals surface area contributed by atoms with Crippen LogP contribution in [0.15, 0.2) is 29.6 Å². The summed E-state index contributed by atoms with van der Waals surface area (Å²) >= 11 is 1.55. The molecule has 6 heteroatoms. The molecule has 0 unspecified atom stereocenters. The van der Waals surface area contributed by atoms with Crippen LogP contribution in [-0.2, 0) is 11.3 Å². The van der Waals surface area contributed by atoms with Crippen LogP contribution >= 0.6 is 11.3 Å². The average molecular weight is 346 g/mol. The number of ether oxygens (including phenoxy) is 1. The summed E-state index contributed by atoms with van der Waals surface area (Å²) in [5, 5.41) is 16.0. The highest BCUT2D eigenvalue weighted by Gasteiger charge is 2.32. The van der Waals surface area contributed by atoms with E-state index in [9.17, 15) is 9.90 Å². The van der Waals surface area contributed by atoms with Gasteiger partial charge in [0, 0.05) is 23.0 Å². The first-order valence-electron chi connectivity index (χ1n) is 8.15. The van der Waals surface area contributed by atoms with E-state index >= 15 is 0 Å². The van der Waals surface area contributed by atoms with Crippen molar-refractivity contribution in [3.8, 4) is 10.6 Å². The second-order valence-electron chi connectivity index (χ2n) is 6.22. The maximum absolute atomic E-state index is 11.6. The Labute approximate surface area is 145 Å². The zero-order valence-electron chi connectivity index (χ0n) is 13.7. The summed E-state index contributed by atoms with van der Waals surface area (Å²) in [6.07, 6.45) is 4.36. The zero-order chi connectivity index (χ0) is 17.0. The average Bonchev–Trinajstić information content (AvgIpc) is 3.29. The lowest BCUT2D eigenvalue weighted by Gasteiger charge is -2.27. The van der Waals surface area contributed by atoms with Crippen molar-refractivity contribution >= 4 is 17.3 Å². The summed E-state index contributed by atoms with van der Waals surface area (Å²) in [6.45, 7) is 0.818. The number of nitrogens with one attached hydrogen (secondary N) is 1. The van der Waals surface area contributed by atoms with Crippen LogP contribution in [0.25, 0.3) is 10.6 Å². The molecule has 0 saturated heterocycles. The molecule has 128 valence electrons. The summed E-state index contributed by atoms with van der Waals surface area (Å²) in [7, 11) is 1.38. The summed E-state index contributed by atoms with van der Waals surface area (Å²) in [4.78, 5) is 16.3. The highest BCUT2D eigenvalue weighted by atomic mass is 32.1. The molecule has 0 amide bonds. The molecule has 24 heavy (non-hydrogen) atoms. The van der Waals surface area contributed by atoms with Crippen molar-refractivity contribution in [2.24, 2.45) is 0 Å². The first-order chi connectivity index (χ1) is 11.7. The van der Waals surface area contributed by atoms with Gasteiger partial charge in [0.1, 0.15) is 5.01 Å². The maximum atomic E-state index is 11.6. The molecule has 1 aliphatic rings. The Balaban J connectivity index is 1.70. The van der Waals surface area contributed by atoms with E-state index in [0.717, 1.165) is 41.9 Å². The fraction of sp³-hybridized carbons (Fsp3) is 0.444. The highest BCUT2D eigenvalue weighted by molar-refractivity contribution is 7.13. The Morgan fingerprint density at radius 3 is 2.92 bits per heavy atom. The van der Waals surface area contributed by atoms with Gasteiger partial charge in [-0.3, -0.25) is 0 Å². The normalized spacial score (nSPS) is 16.2. The molecule has 5 nitrogen and oxygen atoms in total. The van der Waals surface area contributed by atoms with Gasteiger partial charge in [-0.15, -0.1) is 11.3 Å². The van der Waals surface area contributed by atoms with Gasteiger partial charge in [0.05, 0.1) is 25.0 Å². The van der Waals surface area contributed by atoms with Gasteiger partial charge >= 0.3 is 5.97 Å². The van der Waals surface area contributed by atoms with Gasteiger partial charge in [0.2, 0.25) is 0 Å².